The van der Waals surface area contributed by atoms with E-state index in [-0.39, 0.29) is 0 Å². The summed E-state index contributed by atoms with van der Waals surface area (Å²) < 4.78 is 0. The zero-order valence-corrected chi connectivity index (χ0v) is 9.00. The SMILES string of the molecule is [B]NCc1cccc(C2CCNCC2)c1. The molecule has 2 radical (unpaired) electrons. The van der Waals surface area contributed by atoms with Gasteiger partial charge in [0.2, 0.25) is 0 Å². The van der Waals surface area contributed by atoms with Gasteiger partial charge in [0, 0.05) is 6.54 Å². The molecule has 0 aliphatic carbocycles. The first-order chi connectivity index (χ1) is 7.40. The van der Waals surface area contributed by atoms with Crippen LogP contribution in [0.3, 0.4) is 0 Å². The molecule has 78 valence electrons. The van der Waals surface area contributed by atoms with E-state index in [9.17, 15) is 0 Å². The highest BCUT2D eigenvalue weighted by Gasteiger charge is 2.14. The number of nitrogens with one attached hydrogen (secondary N) is 2. The fourth-order valence-electron chi connectivity index (χ4n) is 2.23. The Bertz CT molecular complexity index is 308. The van der Waals surface area contributed by atoms with E-state index in [2.05, 4.69) is 34.8 Å². The molecule has 0 saturated carbocycles. The monoisotopic (exact) mass is 200 g/mol. The van der Waals surface area contributed by atoms with E-state index in [1.165, 1.54) is 24.0 Å². The summed E-state index contributed by atoms with van der Waals surface area (Å²) in [6, 6.07) is 8.75. The minimum absolute atomic E-state index is 0.726. The lowest BCUT2D eigenvalue weighted by Gasteiger charge is -2.23. The van der Waals surface area contributed by atoms with Crippen molar-refractivity contribution < 1.29 is 0 Å². The van der Waals surface area contributed by atoms with Crippen LogP contribution in [0.5, 0.6) is 0 Å². The van der Waals surface area contributed by atoms with Gasteiger partial charge < -0.3 is 10.5 Å². The molecule has 2 nitrogen and oxygen atoms in total. The molecule has 1 aliphatic rings. The minimum Gasteiger partial charge on any atom is -0.363 e. The van der Waals surface area contributed by atoms with Crippen LogP contribution in [0.4, 0.5) is 0 Å². The van der Waals surface area contributed by atoms with Gasteiger partial charge in [-0.3, -0.25) is 0 Å². The zero-order valence-electron chi connectivity index (χ0n) is 9.00. The fraction of sp³-hybridized carbons (Fsp3) is 0.500. The molecule has 0 bridgehead atoms. The summed E-state index contributed by atoms with van der Waals surface area (Å²) in [6.45, 7) is 3.03. The summed E-state index contributed by atoms with van der Waals surface area (Å²) in [5.41, 5.74) is 2.73. The summed E-state index contributed by atoms with van der Waals surface area (Å²) in [5, 5.41) is 6.09. The van der Waals surface area contributed by atoms with Crippen molar-refractivity contribution in [1.82, 2.24) is 10.5 Å². The van der Waals surface area contributed by atoms with E-state index in [1.807, 2.05) is 0 Å². The molecule has 0 amide bonds. The van der Waals surface area contributed by atoms with Crippen molar-refractivity contribution in [3.63, 3.8) is 0 Å². The van der Waals surface area contributed by atoms with Crippen LogP contribution in [0.1, 0.15) is 29.9 Å². The smallest absolute Gasteiger partial charge is 0.178 e. The van der Waals surface area contributed by atoms with Gasteiger partial charge in [-0.15, -0.1) is 0 Å². The molecule has 0 aromatic heterocycles. The van der Waals surface area contributed by atoms with Gasteiger partial charge in [0.1, 0.15) is 0 Å². The number of hydrogen-bond donors (Lipinski definition) is 2. The number of benzene rings is 1. The van der Waals surface area contributed by atoms with E-state index in [0.717, 1.165) is 25.6 Å². The Hall–Kier alpha value is -0.795. The average molecular weight is 200 g/mol. The molecule has 1 aromatic rings. The number of piperidine rings is 1. The third kappa shape index (κ3) is 2.83. The van der Waals surface area contributed by atoms with Crippen LogP contribution in [0.25, 0.3) is 0 Å². The van der Waals surface area contributed by atoms with Crippen LogP contribution < -0.4 is 10.5 Å². The molecular weight excluding hydrogens is 183 g/mol. The van der Waals surface area contributed by atoms with Gasteiger partial charge in [0.05, 0.1) is 0 Å². The maximum absolute atomic E-state index is 5.33. The van der Waals surface area contributed by atoms with Crippen molar-refractivity contribution in [3.8, 4) is 0 Å². The summed E-state index contributed by atoms with van der Waals surface area (Å²) >= 11 is 0. The van der Waals surface area contributed by atoms with Crippen molar-refractivity contribution >= 4 is 7.98 Å². The van der Waals surface area contributed by atoms with Crippen LogP contribution >= 0.6 is 0 Å². The molecule has 2 rings (SSSR count). The first-order valence-electron chi connectivity index (χ1n) is 5.63. The lowest BCUT2D eigenvalue weighted by atomic mass is 9.89. The Morgan fingerprint density at radius 1 is 1.33 bits per heavy atom. The van der Waals surface area contributed by atoms with Crippen LogP contribution in [0.2, 0.25) is 0 Å². The molecule has 15 heavy (non-hydrogen) atoms. The molecule has 1 aromatic carbocycles. The lowest BCUT2D eigenvalue weighted by molar-refractivity contribution is 0.460. The molecule has 1 fully saturated rings. The van der Waals surface area contributed by atoms with Crippen molar-refractivity contribution in [2.45, 2.75) is 25.3 Å². The van der Waals surface area contributed by atoms with Gasteiger partial charge in [0.25, 0.3) is 0 Å². The highest BCUT2D eigenvalue weighted by atomic mass is 14.9. The Kier molecular flexibility index (Phi) is 3.81. The van der Waals surface area contributed by atoms with E-state index in [4.69, 9.17) is 7.98 Å². The standard InChI is InChI=1S/C12H17BN2/c13-15-9-10-2-1-3-12(8-10)11-4-6-14-7-5-11/h1-3,8,11,14-15H,4-7,9H2. The Balaban J connectivity index is 2.09. The van der Waals surface area contributed by atoms with Crippen molar-refractivity contribution in [3.05, 3.63) is 35.4 Å². The highest BCUT2D eigenvalue weighted by Crippen LogP contribution is 2.25. The topological polar surface area (TPSA) is 24.1 Å². The van der Waals surface area contributed by atoms with Gasteiger partial charge in [-0.2, -0.15) is 0 Å². The largest absolute Gasteiger partial charge is 0.363 e. The average Bonchev–Trinajstić information content (AvgIpc) is 2.31. The van der Waals surface area contributed by atoms with Crippen molar-refractivity contribution in [1.29, 1.82) is 0 Å². The minimum atomic E-state index is 0.726. The summed E-state index contributed by atoms with van der Waals surface area (Å²) in [5.74, 6) is 0.726. The predicted octanol–water partition coefficient (Wildman–Crippen LogP) is 1.33. The normalized spacial score (nSPS) is 17.9. The second kappa shape index (κ2) is 5.33. The Morgan fingerprint density at radius 3 is 2.87 bits per heavy atom. The number of hydrogen-bond acceptors (Lipinski definition) is 2. The van der Waals surface area contributed by atoms with Gasteiger partial charge in [-0.05, 0) is 43.0 Å². The highest BCUT2D eigenvalue weighted by molar-refractivity contribution is 6.04. The molecule has 2 N–H and O–H groups in total. The first-order valence-corrected chi connectivity index (χ1v) is 5.63. The molecule has 1 heterocycles. The van der Waals surface area contributed by atoms with E-state index in [0.29, 0.717) is 0 Å². The molecular formula is C12H17BN2. The lowest BCUT2D eigenvalue weighted by Crippen LogP contribution is -2.26. The van der Waals surface area contributed by atoms with Gasteiger partial charge in [0.15, 0.2) is 7.98 Å². The van der Waals surface area contributed by atoms with Gasteiger partial charge in [-0.1, -0.05) is 24.3 Å². The Labute approximate surface area is 92.9 Å². The van der Waals surface area contributed by atoms with Crippen LogP contribution in [0.15, 0.2) is 24.3 Å². The van der Waals surface area contributed by atoms with E-state index >= 15 is 0 Å². The molecule has 0 unspecified atom stereocenters. The quantitative estimate of drug-likeness (QED) is 0.719. The molecule has 0 atom stereocenters. The van der Waals surface area contributed by atoms with Crippen LogP contribution in [-0.4, -0.2) is 21.1 Å². The first kappa shape index (κ1) is 10.7. The van der Waals surface area contributed by atoms with Gasteiger partial charge >= 0.3 is 0 Å². The van der Waals surface area contributed by atoms with Crippen molar-refractivity contribution in [2.24, 2.45) is 0 Å². The van der Waals surface area contributed by atoms with E-state index < -0.39 is 0 Å². The molecule has 1 saturated heterocycles. The Morgan fingerprint density at radius 2 is 2.13 bits per heavy atom. The third-order valence-corrected chi connectivity index (χ3v) is 3.07. The summed E-state index contributed by atoms with van der Waals surface area (Å²) in [4.78, 5) is 0. The molecule has 0 spiro atoms. The second-order valence-electron chi connectivity index (χ2n) is 4.15. The maximum Gasteiger partial charge on any atom is 0.178 e. The van der Waals surface area contributed by atoms with Crippen LogP contribution in [0, 0.1) is 0 Å². The molecule has 3 heteroatoms. The fourth-order valence-corrected chi connectivity index (χ4v) is 2.23. The zero-order chi connectivity index (χ0) is 10.5. The third-order valence-electron chi connectivity index (χ3n) is 3.07. The summed E-state index contributed by atoms with van der Waals surface area (Å²) in [7, 11) is 5.33. The summed E-state index contributed by atoms with van der Waals surface area (Å²) in [6.07, 6.45) is 2.50. The number of rotatable bonds is 3. The maximum atomic E-state index is 5.33. The second-order valence-corrected chi connectivity index (χ2v) is 4.15. The molecule has 1 aliphatic heterocycles. The van der Waals surface area contributed by atoms with Crippen LogP contribution in [-0.2, 0) is 6.54 Å². The van der Waals surface area contributed by atoms with Crippen molar-refractivity contribution in [2.75, 3.05) is 13.1 Å². The van der Waals surface area contributed by atoms with Gasteiger partial charge in [-0.25, -0.2) is 0 Å². The van der Waals surface area contributed by atoms with E-state index in [1.54, 1.807) is 0 Å². The predicted molar refractivity (Wildman–Crippen MR) is 63.9 cm³/mol.